The first-order chi connectivity index (χ1) is 21.3. The van der Waals surface area contributed by atoms with Crippen molar-refractivity contribution in [1.82, 2.24) is 14.7 Å². The minimum absolute atomic E-state index is 0.0368. The molecular formula is C35H49FN4O5. The first kappa shape index (κ1) is 33.3. The molecule has 1 N–H and O–H groups in total. The molecular weight excluding hydrogens is 575 g/mol. The first-order valence-electron chi connectivity index (χ1n) is 16.1. The SMILES string of the molecule is CC1CN(CC(=O)N2CC(C)(CO)c3ccc(Cc4ccc(F)cc4)cc32)C(CN2CCOC[C@H]2C)CN1C(=O)OC(C)(C)C. The molecule has 0 radical (unpaired) electrons. The Kier molecular flexibility index (Phi) is 9.89. The van der Waals surface area contributed by atoms with E-state index in [0.29, 0.717) is 45.8 Å². The molecule has 4 atom stereocenters. The zero-order chi connectivity index (χ0) is 32.5. The zero-order valence-electron chi connectivity index (χ0n) is 27.6. The fourth-order valence-electron chi connectivity index (χ4n) is 6.75. The summed E-state index contributed by atoms with van der Waals surface area (Å²) in [6, 6.07) is 12.6. The van der Waals surface area contributed by atoms with Gasteiger partial charge in [0.15, 0.2) is 0 Å². The summed E-state index contributed by atoms with van der Waals surface area (Å²) >= 11 is 0. The van der Waals surface area contributed by atoms with E-state index in [0.717, 1.165) is 28.9 Å². The van der Waals surface area contributed by atoms with Gasteiger partial charge in [0.1, 0.15) is 11.4 Å². The van der Waals surface area contributed by atoms with Crippen molar-refractivity contribution in [3.05, 3.63) is 65.0 Å². The molecule has 2 saturated heterocycles. The lowest BCUT2D eigenvalue weighted by Gasteiger charge is -2.47. The van der Waals surface area contributed by atoms with Gasteiger partial charge in [-0.2, -0.15) is 0 Å². The third kappa shape index (κ3) is 7.68. The second-order valence-corrected chi connectivity index (χ2v) is 14.3. The number of hydrogen-bond donors (Lipinski definition) is 1. The second kappa shape index (κ2) is 13.4. The molecule has 5 rings (SSSR count). The quantitative estimate of drug-likeness (QED) is 0.498. The number of rotatable bonds is 7. The molecule has 0 aliphatic carbocycles. The van der Waals surface area contributed by atoms with Gasteiger partial charge >= 0.3 is 6.09 Å². The van der Waals surface area contributed by atoms with Crippen LogP contribution >= 0.6 is 0 Å². The van der Waals surface area contributed by atoms with E-state index in [-0.39, 0.29) is 49.1 Å². The Balaban J connectivity index is 1.38. The van der Waals surface area contributed by atoms with Crippen molar-refractivity contribution in [3.63, 3.8) is 0 Å². The van der Waals surface area contributed by atoms with Gasteiger partial charge in [-0.15, -0.1) is 0 Å². The Morgan fingerprint density at radius 2 is 1.76 bits per heavy atom. The molecule has 2 aromatic rings. The molecule has 2 fully saturated rings. The lowest BCUT2D eigenvalue weighted by Crippen LogP contribution is -2.64. The standard InChI is InChI=1S/C35H49FN4O5/c1-24-17-38(29(18-37-13-14-44-21-25(37)2)19-39(24)33(43)45-34(3,4)5)20-32(42)40-22-35(6,23-41)30-12-9-27(16-31(30)40)15-26-7-10-28(36)11-8-26/h7-12,16,24-25,29,41H,13-15,17-23H2,1-6H3/t24?,25-,29?,35?/m1/s1. The van der Waals surface area contributed by atoms with Gasteiger partial charge in [-0.3, -0.25) is 14.6 Å². The van der Waals surface area contributed by atoms with Crippen LogP contribution in [-0.2, 0) is 26.1 Å². The number of anilines is 1. The number of nitrogens with zero attached hydrogens (tertiary/aromatic N) is 4. The topological polar surface area (TPSA) is 85.8 Å². The molecule has 3 unspecified atom stereocenters. The fraction of sp³-hybridized carbons (Fsp3) is 0.600. The predicted molar refractivity (Wildman–Crippen MR) is 172 cm³/mol. The molecule has 3 heterocycles. The predicted octanol–water partition coefficient (Wildman–Crippen LogP) is 4.04. The monoisotopic (exact) mass is 624 g/mol. The van der Waals surface area contributed by atoms with Gasteiger partial charge < -0.3 is 24.4 Å². The Bertz CT molecular complexity index is 1360. The average Bonchev–Trinajstić information content (AvgIpc) is 3.28. The maximum absolute atomic E-state index is 14.2. The van der Waals surface area contributed by atoms with Crippen LogP contribution in [0.3, 0.4) is 0 Å². The van der Waals surface area contributed by atoms with E-state index in [1.807, 2.05) is 57.7 Å². The summed E-state index contributed by atoms with van der Waals surface area (Å²) in [6.07, 6.45) is 0.275. The molecule has 3 aliphatic heterocycles. The number of morpholine rings is 1. The van der Waals surface area contributed by atoms with Crippen LogP contribution in [0, 0.1) is 5.82 Å². The minimum atomic E-state index is -0.601. The highest BCUT2D eigenvalue weighted by Gasteiger charge is 2.43. The van der Waals surface area contributed by atoms with E-state index in [2.05, 4.69) is 16.7 Å². The molecule has 10 heteroatoms. The summed E-state index contributed by atoms with van der Waals surface area (Å²) in [5.74, 6) is -0.309. The van der Waals surface area contributed by atoms with Crippen LogP contribution in [0.25, 0.3) is 0 Å². The van der Waals surface area contributed by atoms with Gasteiger partial charge in [0.25, 0.3) is 0 Å². The van der Waals surface area contributed by atoms with E-state index >= 15 is 0 Å². The normalized spacial score (nSPS) is 26.2. The average molecular weight is 625 g/mol. The number of benzene rings is 2. The Labute approximate surface area is 266 Å². The Morgan fingerprint density at radius 1 is 1.04 bits per heavy atom. The van der Waals surface area contributed by atoms with Crippen molar-refractivity contribution in [3.8, 4) is 0 Å². The third-order valence-electron chi connectivity index (χ3n) is 9.35. The van der Waals surface area contributed by atoms with Gasteiger partial charge in [0.2, 0.25) is 5.91 Å². The number of halogens is 1. The number of carbonyl (C=O) groups excluding carboxylic acids is 2. The number of fused-ring (bicyclic) bond motifs is 1. The van der Waals surface area contributed by atoms with Crippen molar-refractivity contribution in [2.75, 3.05) is 64.0 Å². The van der Waals surface area contributed by atoms with Crippen LogP contribution in [0.1, 0.15) is 58.2 Å². The molecule has 2 amide bonds. The first-order valence-corrected chi connectivity index (χ1v) is 16.1. The van der Waals surface area contributed by atoms with Crippen molar-refractivity contribution in [2.45, 2.75) is 77.1 Å². The highest BCUT2D eigenvalue weighted by molar-refractivity contribution is 5.97. The van der Waals surface area contributed by atoms with E-state index in [1.54, 1.807) is 17.0 Å². The summed E-state index contributed by atoms with van der Waals surface area (Å²) in [5.41, 5.74) is 2.58. The molecule has 0 bridgehead atoms. The van der Waals surface area contributed by atoms with Crippen LogP contribution in [0.5, 0.6) is 0 Å². The van der Waals surface area contributed by atoms with Crippen LogP contribution in [-0.4, -0.2) is 115 Å². The molecule has 9 nitrogen and oxygen atoms in total. The van der Waals surface area contributed by atoms with Crippen LogP contribution in [0.2, 0.25) is 0 Å². The third-order valence-corrected chi connectivity index (χ3v) is 9.35. The number of hydrogen-bond acceptors (Lipinski definition) is 7. The number of ether oxygens (including phenoxy) is 2. The van der Waals surface area contributed by atoms with Crippen LogP contribution in [0.15, 0.2) is 42.5 Å². The molecule has 0 spiro atoms. The zero-order valence-corrected chi connectivity index (χ0v) is 27.6. The highest BCUT2D eigenvalue weighted by atomic mass is 19.1. The Hall–Kier alpha value is -3.05. The number of piperazine rings is 1. The molecule has 3 aliphatic rings. The van der Waals surface area contributed by atoms with Gasteiger partial charge in [-0.1, -0.05) is 31.2 Å². The van der Waals surface area contributed by atoms with Gasteiger partial charge in [-0.05, 0) is 75.9 Å². The lowest BCUT2D eigenvalue weighted by atomic mass is 9.85. The van der Waals surface area contributed by atoms with Gasteiger partial charge in [0.05, 0.1) is 26.4 Å². The highest BCUT2D eigenvalue weighted by Crippen LogP contribution is 2.41. The molecule has 0 aromatic heterocycles. The fourth-order valence-corrected chi connectivity index (χ4v) is 6.75. The summed E-state index contributed by atoms with van der Waals surface area (Å²) in [5, 5.41) is 10.4. The molecule has 0 saturated carbocycles. The van der Waals surface area contributed by atoms with E-state index in [1.165, 1.54) is 12.1 Å². The largest absolute Gasteiger partial charge is 0.444 e. The van der Waals surface area contributed by atoms with E-state index in [9.17, 15) is 19.1 Å². The molecule has 2 aromatic carbocycles. The van der Waals surface area contributed by atoms with Gasteiger partial charge in [-0.25, -0.2) is 9.18 Å². The number of carbonyl (C=O) groups is 2. The van der Waals surface area contributed by atoms with Crippen molar-refractivity contribution in [2.24, 2.45) is 0 Å². The van der Waals surface area contributed by atoms with E-state index < -0.39 is 11.0 Å². The lowest BCUT2D eigenvalue weighted by molar-refractivity contribution is -0.122. The number of amides is 2. The number of aliphatic hydroxyl groups excluding tert-OH is 1. The van der Waals surface area contributed by atoms with E-state index in [4.69, 9.17) is 9.47 Å². The summed E-state index contributed by atoms with van der Waals surface area (Å²) in [6.45, 7) is 16.1. The molecule has 45 heavy (non-hydrogen) atoms. The smallest absolute Gasteiger partial charge is 0.410 e. The Morgan fingerprint density at radius 3 is 2.42 bits per heavy atom. The van der Waals surface area contributed by atoms with Crippen LogP contribution in [0.4, 0.5) is 14.9 Å². The maximum Gasteiger partial charge on any atom is 0.410 e. The van der Waals surface area contributed by atoms with Gasteiger partial charge in [0, 0.05) is 62.0 Å². The summed E-state index contributed by atoms with van der Waals surface area (Å²) in [4.78, 5) is 35.7. The van der Waals surface area contributed by atoms with Crippen molar-refractivity contribution >= 4 is 17.7 Å². The summed E-state index contributed by atoms with van der Waals surface area (Å²) in [7, 11) is 0. The summed E-state index contributed by atoms with van der Waals surface area (Å²) < 4.78 is 24.9. The van der Waals surface area contributed by atoms with Crippen molar-refractivity contribution in [1.29, 1.82) is 0 Å². The van der Waals surface area contributed by atoms with Crippen molar-refractivity contribution < 1.29 is 28.6 Å². The molecule has 246 valence electrons. The van der Waals surface area contributed by atoms with Crippen LogP contribution < -0.4 is 4.90 Å². The second-order valence-electron chi connectivity index (χ2n) is 14.3. The number of aliphatic hydroxyl groups is 1. The minimum Gasteiger partial charge on any atom is -0.444 e. The maximum atomic E-state index is 14.2.